The fourth-order valence-electron chi connectivity index (χ4n) is 10.3. The van der Waals surface area contributed by atoms with Crippen LogP contribution in [0.15, 0.2) is 212 Å². The number of nitrogens with zero attached hydrogens (tertiary/aromatic N) is 4. The Morgan fingerprint density at radius 1 is 0.544 bits per heavy atom. The van der Waals surface area contributed by atoms with Crippen LogP contribution < -0.4 is 4.90 Å². The summed E-state index contributed by atoms with van der Waals surface area (Å²) in [7, 11) is 0. The lowest BCUT2D eigenvalue weighted by molar-refractivity contribution is 0.725. The Balaban J connectivity index is 0.973. The maximum absolute atomic E-state index is 4.69. The zero-order valence-electron chi connectivity index (χ0n) is 31.1. The van der Waals surface area contributed by atoms with E-state index in [0.29, 0.717) is 0 Å². The van der Waals surface area contributed by atoms with E-state index in [1.165, 1.54) is 61.5 Å². The third-order valence-electron chi connectivity index (χ3n) is 12.6. The molecule has 0 fully saturated rings. The lowest BCUT2D eigenvalue weighted by Gasteiger charge is -2.38. The van der Waals surface area contributed by atoms with Gasteiger partial charge in [-0.3, -0.25) is 9.97 Å². The van der Waals surface area contributed by atoms with Crippen LogP contribution in [0.5, 0.6) is 0 Å². The smallest absolute Gasteiger partial charge is 0.0978 e. The van der Waals surface area contributed by atoms with Crippen LogP contribution in [0.4, 0.5) is 11.4 Å². The summed E-state index contributed by atoms with van der Waals surface area (Å²) < 4.78 is 2.28. The van der Waals surface area contributed by atoms with Crippen molar-refractivity contribution in [1.29, 1.82) is 0 Å². The number of benzene rings is 6. The van der Waals surface area contributed by atoms with E-state index in [2.05, 4.69) is 196 Å². The zero-order valence-corrected chi connectivity index (χ0v) is 31.1. The second kappa shape index (κ2) is 12.4. The van der Waals surface area contributed by atoms with E-state index in [1.807, 2.05) is 24.7 Å². The number of allylic oxidation sites excluding steroid dienone is 2. The van der Waals surface area contributed by atoms with Crippen molar-refractivity contribution in [3.8, 4) is 16.8 Å². The molecule has 2 unspecified atom stereocenters. The molecule has 2 aliphatic carbocycles. The second-order valence-electron chi connectivity index (χ2n) is 15.3. The average molecular weight is 729 g/mol. The van der Waals surface area contributed by atoms with Gasteiger partial charge in [-0.25, -0.2) is 0 Å². The number of fused-ring (bicyclic) bond motifs is 9. The number of para-hydroxylation sites is 1. The maximum Gasteiger partial charge on any atom is 0.0978 e. The van der Waals surface area contributed by atoms with Gasteiger partial charge in [-0.2, -0.15) is 0 Å². The molecular weight excluding hydrogens is 693 g/mol. The Kier molecular flexibility index (Phi) is 6.93. The predicted octanol–water partition coefficient (Wildman–Crippen LogP) is 12.2. The number of hydrogen-bond donors (Lipinski definition) is 0. The van der Waals surface area contributed by atoms with Gasteiger partial charge in [0.15, 0.2) is 0 Å². The summed E-state index contributed by atoms with van der Waals surface area (Å²) >= 11 is 0. The number of aromatic nitrogens is 3. The van der Waals surface area contributed by atoms with Crippen LogP contribution in [0.2, 0.25) is 0 Å². The van der Waals surface area contributed by atoms with E-state index in [4.69, 9.17) is 4.98 Å². The van der Waals surface area contributed by atoms with Gasteiger partial charge in [0.1, 0.15) is 0 Å². The lowest BCUT2D eigenvalue weighted by atomic mass is 9.66. The molecule has 9 aromatic rings. The molecule has 2 atom stereocenters. The summed E-state index contributed by atoms with van der Waals surface area (Å²) in [5, 5.41) is 1.06. The topological polar surface area (TPSA) is 34.0 Å². The summed E-state index contributed by atoms with van der Waals surface area (Å²) in [5.41, 5.74) is 18.1. The van der Waals surface area contributed by atoms with Gasteiger partial charge in [0.25, 0.3) is 0 Å². The molecule has 0 radical (unpaired) electrons. The normalized spacial score (nSPS) is 17.4. The Morgan fingerprint density at radius 3 is 1.96 bits per heavy atom. The predicted molar refractivity (Wildman–Crippen MR) is 232 cm³/mol. The molecule has 268 valence electrons. The van der Waals surface area contributed by atoms with Crippen molar-refractivity contribution in [2.24, 2.45) is 0 Å². The van der Waals surface area contributed by atoms with Crippen LogP contribution in [0.1, 0.15) is 33.7 Å². The number of anilines is 2. The Hall–Kier alpha value is -7.30. The Bertz CT molecular complexity index is 2970. The highest BCUT2D eigenvalue weighted by molar-refractivity contribution is 6.06. The van der Waals surface area contributed by atoms with Crippen LogP contribution >= 0.6 is 0 Å². The van der Waals surface area contributed by atoms with Crippen LogP contribution in [-0.4, -0.2) is 20.6 Å². The first-order valence-corrected chi connectivity index (χ1v) is 19.7. The van der Waals surface area contributed by atoms with Crippen LogP contribution in [0.3, 0.4) is 0 Å². The minimum Gasteiger partial charge on any atom is -0.333 e. The summed E-state index contributed by atoms with van der Waals surface area (Å²) in [6.45, 7) is 0. The minimum absolute atomic E-state index is 0.0962. The number of hydrogen-bond acceptors (Lipinski definition) is 3. The van der Waals surface area contributed by atoms with Crippen molar-refractivity contribution >= 4 is 38.9 Å². The van der Waals surface area contributed by atoms with E-state index in [9.17, 15) is 0 Å². The van der Waals surface area contributed by atoms with Gasteiger partial charge in [0.05, 0.1) is 28.0 Å². The molecular formula is C53H36N4. The van der Waals surface area contributed by atoms with Gasteiger partial charge in [-0.1, -0.05) is 140 Å². The molecule has 4 heterocycles. The summed E-state index contributed by atoms with van der Waals surface area (Å²) in [6, 6.07) is 64.7. The first-order chi connectivity index (χ1) is 28.3. The fourth-order valence-corrected chi connectivity index (χ4v) is 10.3. The highest BCUT2D eigenvalue weighted by Crippen LogP contribution is 2.62. The second-order valence-corrected chi connectivity index (χ2v) is 15.3. The van der Waals surface area contributed by atoms with Crippen molar-refractivity contribution in [2.45, 2.75) is 17.4 Å². The molecule has 6 aromatic carbocycles. The molecule has 57 heavy (non-hydrogen) atoms. The molecule has 4 nitrogen and oxygen atoms in total. The largest absolute Gasteiger partial charge is 0.333 e. The van der Waals surface area contributed by atoms with Crippen molar-refractivity contribution in [3.63, 3.8) is 0 Å². The number of rotatable bonds is 5. The Morgan fingerprint density at radius 2 is 1.21 bits per heavy atom. The Labute approximate surface area is 331 Å². The first kappa shape index (κ1) is 32.0. The minimum atomic E-state index is -0.432. The molecule has 0 N–H and O–H groups in total. The molecule has 3 aromatic heterocycles. The van der Waals surface area contributed by atoms with E-state index in [0.717, 1.165) is 27.6 Å². The van der Waals surface area contributed by atoms with Crippen molar-refractivity contribution in [3.05, 3.63) is 240 Å². The monoisotopic (exact) mass is 728 g/mol. The van der Waals surface area contributed by atoms with Crippen LogP contribution in [-0.2, 0) is 5.41 Å². The SMILES string of the molecule is C1=CC2c3ccccc3N(c3ccc(-c4ccc(-n5c6ccncc6c6ncccc65)cc4)cc3)C2C2=C1C(c1ccccc1)(c1ccccc1)c1ccccc12. The van der Waals surface area contributed by atoms with Gasteiger partial charge in [-0.05, 0) is 98.6 Å². The van der Waals surface area contributed by atoms with Crippen molar-refractivity contribution in [1.82, 2.24) is 14.5 Å². The molecule has 4 heteroatoms. The third kappa shape index (κ3) is 4.50. The summed E-state index contributed by atoms with van der Waals surface area (Å²) in [6.07, 6.45) is 10.5. The quantitative estimate of drug-likeness (QED) is 0.177. The molecule has 0 bridgehead atoms. The lowest BCUT2D eigenvalue weighted by Crippen LogP contribution is -2.34. The van der Waals surface area contributed by atoms with Crippen LogP contribution in [0.25, 0.3) is 44.3 Å². The van der Waals surface area contributed by atoms with Gasteiger partial charge >= 0.3 is 0 Å². The van der Waals surface area contributed by atoms with Gasteiger partial charge < -0.3 is 9.47 Å². The van der Waals surface area contributed by atoms with E-state index in [1.54, 1.807) is 0 Å². The molecule has 0 saturated carbocycles. The fraction of sp³-hybridized carbons (Fsp3) is 0.0566. The van der Waals surface area contributed by atoms with Gasteiger partial charge in [0, 0.05) is 47.0 Å². The average Bonchev–Trinajstić information content (AvgIpc) is 3.92. The summed E-state index contributed by atoms with van der Waals surface area (Å²) in [5.74, 6) is 0.217. The maximum atomic E-state index is 4.69. The summed E-state index contributed by atoms with van der Waals surface area (Å²) in [4.78, 5) is 11.7. The molecule has 0 spiro atoms. The molecule has 1 aliphatic heterocycles. The first-order valence-electron chi connectivity index (χ1n) is 19.7. The third-order valence-corrected chi connectivity index (χ3v) is 12.6. The standard InChI is InChI=1S/C53H36N4/c1-3-12-37(13-4-1)53(38-14-5-2-6-15-38)45-18-9-7-17-43(45)50-46(53)30-29-42-41-16-8-10-19-47(41)57(52(42)50)40-27-23-36(24-28-40)35-21-25-39(26-22-35)56-48-31-33-54-34-44(48)51-49(56)20-11-32-55-51/h1-34,42,52H. The van der Waals surface area contributed by atoms with Crippen molar-refractivity contribution in [2.75, 3.05) is 4.90 Å². The molecule has 0 amide bonds. The highest BCUT2D eigenvalue weighted by atomic mass is 15.2. The molecule has 0 saturated heterocycles. The van der Waals surface area contributed by atoms with E-state index < -0.39 is 5.41 Å². The zero-order chi connectivity index (χ0) is 37.5. The molecule has 3 aliphatic rings. The van der Waals surface area contributed by atoms with Gasteiger partial charge in [0.2, 0.25) is 0 Å². The van der Waals surface area contributed by atoms with Gasteiger partial charge in [-0.15, -0.1) is 0 Å². The number of pyridine rings is 2. The van der Waals surface area contributed by atoms with Crippen molar-refractivity contribution < 1.29 is 0 Å². The van der Waals surface area contributed by atoms with Crippen LogP contribution in [0, 0.1) is 0 Å². The van der Waals surface area contributed by atoms with E-state index in [-0.39, 0.29) is 12.0 Å². The molecule has 12 rings (SSSR count). The highest BCUT2D eigenvalue weighted by Gasteiger charge is 2.53. The van der Waals surface area contributed by atoms with E-state index >= 15 is 0 Å².